The molecule has 7 nitrogen and oxygen atoms in total. The van der Waals surface area contributed by atoms with E-state index in [0.717, 1.165) is 16.6 Å². The second kappa shape index (κ2) is 7.98. The zero-order chi connectivity index (χ0) is 18.7. The Morgan fingerprint density at radius 1 is 1.46 bits per heavy atom. The van der Waals surface area contributed by atoms with Crippen molar-refractivity contribution in [3.8, 4) is 0 Å². The van der Waals surface area contributed by atoms with E-state index in [-0.39, 0.29) is 29.2 Å². The quantitative estimate of drug-likeness (QED) is 0.714. The lowest BCUT2D eigenvalue weighted by Crippen LogP contribution is -2.44. The Morgan fingerprint density at radius 2 is 2.27 bits per heavy atom. The highest BCUT2D eigenvalue weighted by molar-refractivity contribution is 7.99. The lowest BCUT2D eigenvalue weighted by molar-refractivity contribution is -0.130. The van der Waals surface area contributed by atoms with E-state index in [1.807, 2.05) is 25.1 Å². The van der Waals surface area contributed by atoms with Gasteiger partial charge < -0.3 is 14.6 Å². The monoisotopic (exact) mass is 397 g/mol. The van der Waals surface area contributed by atoms with Crippen LogP contribution in [0.4, 0.5) is 0 Å². The minimum atomic E-state index is -3.05. The largest absolute Gasteiger partial charge is 0.383 e. The van der Waals surface area contributed by atoms with Crippen molar-refractivity contribution in [2.24, 2.45) is 0 Å². The van der Waals surface area contributed by atoms with Crippen LogP contribution in [0.3, 0.4) is 0 Å². The maximum Gasteiger partial charge on any atom is 0.233 e. The van der Waals surface area contributed by atoms with E-state index in [2.05, 4.69) is 9.97 Å². The van der Waals surface area contributed by atoms with Gasteiger partial charge in [0.05, 0.1) is 34.9 Å². The summed E-state index contributed by atoms with van der Waals surface area (Å²) in [6.45, 7) is 2.80. The van der Waals surface area contributed by atoms with Gasteiger partial charge in [-0.2, -0.15) is 0 Å². The summed E-state index contributed by atoms with van der Waals surface area (Å²) in [5.41, 5.74) is 2.95. The van der Waals surface area contributed by atoms with Crippen molar-refractivity contribution in [1.82, 2.24) is 14.9 Å². The molecule has 142 valence electrons. The number of hydrogen-bond acceptors (Lipinski definition) is 6. The Balaban J connectivity index is 1.66. The number of sulfone groups is 1. The van der Waals surface area contributed by atoms with Crippen LogP contribution in [0.25, 0.3) is 11.0 Å². The molecule has 2 aromatic rings. The number of aromatic amines is 1. The molecule has 0 bridgehead atoms. The fraction of sp³-hybridized carbons (Fsp3) is 0.529. The topological polar surface area (TPSA) is 92.4 Å². The number of nitrogens with zero attached hydrogens (tertiary/aromatic N) is 2. The number of benzene rings is 1. The Morgan fingerprint density at radius 3 is 2.96 bits per heavy atom. The zero-order valence-electron chi connectivity index (χ0n) is 14.9. The average molecular weight is 398 g/mol. The molecule has 1 aromatic carbocycles. The molecule has 0 radical (unpaired) electrons. The van der Waals surface area contributed by atoms with Crippen molar-refractivity contribution in [3.63, 3.8) is 0 Å². The van der Waals surface area contributed by atoms with Crippen LogP contribution in [0, 0.1) is 6.92 Å². The highest BCUT2D eigenvalue weighted by atomic mass is 32.2. The third-order valence-electron chi connectivity index (χ3n) is 4.45. The van der Waals surface area contributed by atoms with Gasteiger partial charge in [-0.3, -0.25) is 4.79 Å². The summed E-state index contributed by atoms with van der Waals surface area (Å²) in [7, 11) is -1.48. The molecule has 2 heterocycles. The van der Waals surface area contributed by atoms with E-state index in [1.165, 1.54) is 11.8 Å². The molecule has 1 aliphatic heterocycles. The number of aromatic nitrogens is 2. The number of imidazole rings is 1. The number of aryl methyl sites for hydroxylation is 1. The summed E-state index contributed by atoms with van der Waals surface area (Å²) in [6.07, 6.45) is 0.492. The number of nitrogens with one attached hydrogen (secondary N) is 1. The summed E-state index contributed by atoms with van der Waals surface area (Å²) in [5.74, 6) is 0.298. The third-order valence-corrected chi connectivity index (χ3v) is 7.06. The number of H-pyrrole nitrogens is 1. The van der Waals surface area contributed by atoms with Crippen LogP contribution >= 0.6 is 11.8 Å². The molecule has 1 aromatic heterocycles. The molecule has 1 fully saturated rings. The van der Waals surface area contributed by atoms with E-state index < -0.39 is 9.84 Å². The number of hydrogen-bond donors (Lipinski definition) is 1. The highest BCUT2D eigenvalue weighted by Gasteiger charge is 2.34. The summed E-state index contributed by atoms with van der Waals surface area (Å²) < 4.78 is 28.6. The molecule has 1 saturated heterocycles. The second-order valence-electron chi connectivity index (χ2n) is 6.49. The predicted molar refractivity (Wildman–Crippen MR) is 102 cm³/mol. The molecule has 1 amide bonds. The van der Waals surface area contributed by atoms with Crippen LogP contribution in [-0.2, 0) is 19.4 Å². The van der Waals surface area contributed by atoms with Crippen molar-refractivity contribution < 1.29 is 17.9 Å². The van der Waals surface area contributed by atoms with Crippen LogP contribution in [0.15, 0.2) is 23.4 Å². The van der Waals surface area contributed by atoms with E-state index in [1.54, 1.807) is 12.0 Å². The maximum atomic E-state index is 12.7. The van der Waals surface area contributed by atoms with Gasteiger partial charge >= 0.3 is 0 Å². The van der Waals surface area contributed by atoms with Gasteiger partial charge in [-0.1, -0.05) is 17.8 Å². The molecular weight excluding hydrogens is 374 g/mol. The van der Waals surface area contributed by atoms with E-state index >= 15 is 0 Å². The number of thioether (sulfide) groups is 1. The molecule has 1 N–H and O–H groups in total. The third kappa shape index (κ3) is 4.57. The minimum absolute atomic E-state index is 0.0387. The Bertz CT molecular complexity index is 895. The number of rotatable bonds is 7. The fourth-order valence-electron chi connectivity index (χ4n) is 3.10. The first-order valence-corrected chi connectivity index (χ1v) is 11.3. The van der Waals surface area contributed by atoms with Crippen molar-refractivity contribution in [1.29, 1.82) is 0 Å². The molecule has 0 aliphatic carbocycles. The van der Waals surface area contributed by atoms with Gasteiger partial charge in [0.2, 0.25) is 5.91 Å². The average Bonchev–Trinajstić information content (AvgIpc) is 3.15. The highest BCUT2D eigenvalue weighted by Crippen LogP contribution is 2.23. The molecule has 1 aliphatic rings. The van der Waals surface area contributed by atoms with Gasteiger partial charge in [-0.25, -0.2) is 13.4 Å². The summed E-state index contributed by atoms with van der Waals surface area (Å²) >= 11 is 1.33. The van der Waals surface area contributed by atoms with E-state index in [0.29, 0.717) is 24.7 Å². The van der Waals surface area contributed by atoms with Crippen LogP contribution in [-0.4, -0.2) is 72.8 Å². The predicted octanol–water partition coefficient (Wildman–Crippen LogP) is 1.63. The number of fused-ring (bicyclic) bond motifs is 1. The van der Waals surface area contributed by atoms with Crippen LogP contribution in [0.1, 0.15) is 12.0 Å². The lowest BCUT2D eigenvalue weighted by Gasteiger charge is -2.27. The van der Waals surface area contributed by atoms with E-state index in [4.69, 9.17) is 4.74 Å². The van der Waals surface area contributed by atoms with Gasteiger partial charge in [-0.15, -0.1) is 0 Å². The smallest absolute Gasteiger partial charge is 0.233 e. The molecule has 9 heteroatoms. The molecular formula is C17H23N3O4S2. The molecule has 0 spiro atoms. The number of methoxy groups -OCH3 is 1. The van der Waals surface area contributed by atoms with Gasteiger partial charge in [0.15, 0.2) is 15.0 Å². The SMILES string of the molecule is COCCN(C(=O)CSc1nc2ccc(C)cc2[nH]1)[C@@H]1CCS(=O)(=O)C1. The Labute approximate surface area is 157 Å². The zero-order valence-corrected chi connectivity index (χ0v) is 16.5. The van der Waals surface area contributed by atoms with Gasteiger partial charge in [0, 0.05) is 19.7 Å². The van der Waals surface area contributed by atoms with Crippen LogP contribution in [0.5, 0.6) is 0 Å². The maximum absolute atomic E-state index is 12.7. The second-order valence-corrected chi connectivity index (χ2v) is 9.68. The summed E-state index contributed by atoms with van der Waals surface area (Å²) in [4.78, 5) is 22.1. The number of amides is 1. The summed E-state index contributed by atoms with van der Waals surface area (Å²) in [6, 6.07) is 5.70. The molecule has 3 rings (SSSR count). The van der Waals surface area contributed by atoms with Gasteiger partial charge in [-0.05, 0) is 31.0 Å². The molecule has 0 saturated carbocycles. The van der Waals surface area contributed by atoms with Crippen molar-refractivity contribution in [2.75, 3.05) is 37.5 Å². The minimum Gasteiger partial charge on any atom is -0.383 e. The molecule has 1 atom stereocenters. The molecule has 0 unspecified atom stereocenters. The normalized spacial score (nSPS) is 19.1. The first-order chi connectivity index (χ1) is 12.4. The van der Waals surface area contributed by atoms with Crippen LogP contribution < -0.4 is 0 Å². The number of carbonyl (C=O) groups excluding carboxylic acids is 1. The van der Waals surface area contributed by atoms with Crippen molar-refractivity contribution >= 4 is 38.5 Å². The van der Waals surface area contributed by atoms with Crippen molar-refractivity contribution in [3.05, 3.63) is 23.8 Å². The van der Waals surface area contributed by atoms with Crippen LogP contribution in [0.2, 0.25) is 0 Å². The first-order valence-electron chi connectivity index (χ1n) is 8.46. The molecule has 26 heavy (non-hydrogen) atoms. The van der Waals surface area contributed by atoms with Crippen molar-refractivity contribution in [2.45, 2.75) is 24.5 Å². The van der Waals surface area contributed by atoms with Gasteiger partial charge in [0.25, 0.3) is 0 Å². The van der Waals surface area contributed by atoms with Gasteiger partial charge in [0.1, 0.15) is 0 Å². The number of carbonyl (C=O) groups is 1. The summed E-state index contributed by atoms with van der Waals surface area (Å²) in [5, 5.41) is 0.685. The Kier molecular flexibility index (Phi) is 5.89. The van der Waals surface area contributed by atoms with E-state index in [9.17, 15) is 13.2 Å². The fourth-order valence-corrected chi connectivity index (χ4v) is 5.60. The first kappa shape index (κ1) is 19.2. The Hall–Kier alpha value is -1.58. The number of ether oxygens (including phenoxy) is 1. The standard InChI is InChI=1S/C17H23N3O4S2/c1-12-3-4-14-15(9-12)19-17(18-14)25-10-16(21)20(6-7-24-2)13-5-8-26(22,23)11-13/h3-4,9,13H,5-8,10-11H2,1-2H3,(H,18,19)/t13-/m1/s1. The lowest BCUT2D eigenvalue weighted by atomic mass is 10.2.